The van der Waals surface area contributed by atoms with Gasteiger partial charge in [0.15, 0.2) is 0 Å². The number of aryl methyl sites for hydroxylation is 1. The summed E-state index contributed by atoms with van der Waals surface area (Å²) in [5.74, 6) is -1.92. The van der Waals surface area contributed by atoms with E-state index in [1.54, 1.807) is 13.8 Å². The van der Waals surface area contributed by atoms with Crippen molar-refractivity contribution in [1.29, 1.82) is 0 Å². The van der Waals surface area contributed by atoms with Crippen LogP contribution in [-0.4, -0.2) is 36.9 Å². The van der Waals surface area contributed by atoms with Crippen molar-refractivity contribution in [3.05, 3.63) is 29.6 Å². The van der Waals surface area contributed by atoms with E-state index in [2.05, 4.69) is 0 Å². The minimum atomic E-state index is -4.02. The average molecular weight is 303 g/mol. The predicted molar refractivity (Wildman–Crippen MR) is 72.4 cm³/mol. The van der Waals surface area contributed by atoms with E-state index in [0.29, 0.717) is 5.56 Å². The fourth-order valence-electron chi connectivity index (χ4n) is 1.69. The maximum Gasteiger partial charge on any atom is 0.318 e. The molecule has 0 bridgehead atoms. The lowest BCUT2D eigenvalue weighted by atomic mass is 10.2. The molecule has 7 heteroatoms. The molecule has 1 aromatic carbocycles. The van der Waals surface area contributed by atoms with Gasteiger partial charge in [-0.15, -0.1) is 0 Å². The van der Waals surface area contributed by atoms with Gasteiger partial charge in [-0.3, -0.25) is 4.79 Å². The molecule has 0 aliphatic carbocycles. The summed E-state index contributed by atoms with van der Waals surface area (Å²) in [6, 6.07) is 3.55. The second-order valence-corrected chi connectivity index (χ2v) is 6.93. The summed E-state index contributed by atoms with van der Waals surface area (Å²) in [6.45, 7) is 4.50. The molecular weight excluding hydrogens is 285 g/mol. The lowest BCUT2D eigenvalue weighted by Crippen LogP contribution is -2.38. The molecule has 1 N–H and O–H groups in total. The summed E-state index contributed by atoms with van der Waals surface area (Å²) in [7, 11) is -4.02. The molecule has 1 aromatic rings. The van der Waals surface area contributed by atoms with Crippen molar-refractivity contribution in [2.45, 2.75) is 25.7 Å². The molecule has 0 aromatic heterocycles. The van der Waals surface area contributed by atoms with E-state index >= 15 is 0 Å². The highest BCUT2D eigenvalue weighted by atomic mass is 32.2. The number of hydrogen-bond donors (Lipinski definition) is 1. The zero-order valence-corrected chi connectivity index (χ0v) is 12.4. The van der Waals surface area contributed by atoms with E-state index in [4.69, 9.17) is 5.11 Å². The predicted octanol–water partition coefficient (Wildman–Crippen LogP) is 1.87. The van der Waals surface area contributed by atoms with Crippen molar-refractivity contribution in [3.63, 3.8) is 0 Å². The molecule has 0 amide bonds. The van der Waals surface area contributed by atoms with Gasteiger partial charge in [-0.1, -0.05) is 19.9 Å². The van der Waals surface area contributed by atoms with Crippen molar-refractivity contribution in [2.75, 3.05) is 13.1 Å². The van der Waals surface area contributed by atoms with Gasteiger partial charge in [-0.2, -0.15) is 4.31 Å². The number of hydrogen-bond acceptors (Lipinski definition) is 3. The van der Waals surface area contributed by atoms with Gasteiger partial charge in [0, 0.05) is 6.54 Å². The topological polar surface area (TPSA) is 74.7 Å². The lowest BCUT2D eigenvalue weighted by molar-refractivity contribution is -0.137. The Morgan fingerprint density at radius 3 is 2.45 bits per heavy atom. The molecule has 1 rings (SSSR count). The highest BCUT2D eigenvalue weighted by Crippen LogP contribution is 2.19. The molecule has 0 aliphatic rings. The van der Waals surface area contributed by atoms with Crippen LogP contribution >= 0.6 is 0 Å². The normalized spacial score (nSPS) is 12.1. The summed E-state index contributed by atoms with van der Waals surface area (Å²) in [5, 5.41) is 8.83. The maximum atomic E-state index is 13.5. The number of carboxylic acid groups (broad SMARTS) is 1. The van der Waals surface area contributed by atoms with Gasteiger partial charge in [0.1, 0.15) is 12.4 Å². The molecule has 0 radical (unpaired) electrons. The Hall–Kier alpha value is -1.47. The number of carboxylic acids is 1. The van der Waals surface area contributed by atoms with E-state index in [0.717, 1.165) is 10.4 Å². The summed E-state index contributed by atoms with van der Waals surface area (Å²) >= 11 is 0. The monoisotopic (exact) mass is 303 g/mol. The molecular formula is C13H18FNO4S. The first kappa shape index (κ1) is 16.6. The smallest absolute Gasteiger partial charge is 0.318 e. The molecule has 0 unspecified atom stereocenters. The first-order valence-electron chi connectivity index (χ1n) is 6.12. The molecule has 0 saturated heterocycles. The van der Waals surface area contributed by atoms with Crippen LogP contribution in [0.4, 0.5) is 4.39 Å². The Labute approximate surface area is 118 Å². The lowest BCUT2D eigenvalue weighted by Gasteiger charge is -2.22. The SMILES string of the molecule is Cc1ccc(S(=O)(=O)N(CC(=O)O)CC(C)C)cc1F. The third-order valence-corrected chi connectivity index (χ3v) is 4.47. The van der Waals surface area contributed by atoms with Crippen LogP contribution in [0.5, 0.6) is 0 Å². The van der Waals surface area contributed by atoms with Crippen molar-refractivity contribution < 1.29 is 22.7 Å². The van der Waals surface area contributed by atoms with Crippen molar-refractivity contribution in [2.24, 2.45) is 5.92 Å². The van der Waals surface area contributed by atoms with Gasteiger partial charge in [-0.05, 0) is 30.5 Å². The third kappa shape index (κ3) is 4.01. The van der Waals surface area contributed by atoms with Gasteiger partial charge in [0.05, 0.1) is 4.90 Å². The Balaban J connectivity index is 3.20. The van der Waals surface area contributed by atoms with Gasteiger partial charge in [-0.25, -0.2) is 12.8 Å². The van der Waals surface area contributed by atoms with E-state index in [-0.39, 0.29) is 17.4 Å². The van der Waals surface area contributed by atoms with Crippen LogP contribution in [0.3, 0.4) is 0 Å². The van der Waals surface area contributed by atoms with Crippen LogP contribution in [0.25, 0.3) is 0 Å². The van der Waals surface area contributed by atoms with Crippen molar-refractivity contribution in [3.8, 4) is 0 Å². The van der Waals surface area contributed by atoms with Gasteiger partial charge < -0.3 is 5.11 Å². The van der Waals surface area contributed by atoms with Gasteiger partial charge in [0.2, 0.25) is 10.0 Å². The van der Waals surface area contributed by atoms with E-state index < -0.39 is 28.4 Å². The van der Waals surface area contributed by atoms with E-state index in [9.17, 15) is 17.6 Å². The van der Waals surface area contributed by atoms with Crippen LogP contribution in [0.2, 0.25) is 0 Å². The zero-order chi connectivity index (χ0) is 15.5. The summed E-state index contributed by atoms with van der Waals surface area (Å²) in [5.41, 5.74) is 0.331. The fourth-order valence-corrected chi connectivity index (χ4v) is 3.25. The number of rotatable bonds is 6. The largest absolute Gasteiger partial charge is 0.480 e. The van der Waals surface area contributed by atoms with E-state index in [1.165, 1.54) is 19.1 Å². The molecule has 20 heavy (non-hydrogen) atoms. The molecule has 0 aliphatic heterocycles. The zero-order valence-electron chi connectivity index (χ0n) is 11.6. The highest BCUT2D eigenvalue weighted by molar-refractivity contribution is 7.89. The van der Waals surface area contributed by atoms with Crippen LogP contribution in [0.1, 0.15) is 19.4 Å². The number of benzene rings is 1. The number of nitrogens with zero attached hydrogens (tertiary/aromatic N) is 1. The first-order valence-corrected chi connectivity index (χ1v) is 7.56. The second kappa shape index (κ2) is 6.32. The van der Waals surface area contributed by atoms with E-state index in [1.807, 2.05) is 0 Å². The molecule has 5 nitrogen and oxygen atoms in total. The highest BCUT2D eigenvalue weighted by Gasteiger charge is 2.27. The average Bonchev–Trinajstić information content (AvgIpc) is 2.30. The van der Waals surface area contributed by atoms with Crippen molar-refractivity contribution in [1.82, 2.24) is 4.31 Å². The number of aliphatic carboxylic acids is 1. The Morgan fingerprint density at radius 1 is 1.40 bits per heavy atom. The summed E-state index contributed by atoms with van der Waals surface area (Å²) in [4.78, 5) is 10.6. The number of halogens is 1. The minimum Gasteiger partial charge on any atom is -0.480 e. The molecule has 0 fully saturated rings. The molecule has 0 heterocycles. The van der Waals surface area contributed by atoms with Crippen LogP contribution in [0, 0.1) is 18.7 Å². The van der Waals surface area contributed by atoms with Gasteiger partial charge in [0.25, 0.3) is 0 Å². The number of carbonyl (C=O) groups is 1. The molecule has 112 valence electrons. The molecule has 0 saturated carbocycles. The summed E-state index contributed by atoms with van der Waals surface area (Å²) in [6.07, 6.45) is 0. The molecule has 0 atom stereocenters. The first-order chi connectivity index (χ1) is 9.14. The van der Waals surface area contributed by atoms with Crippen LogP contribution in [0.15, 0.2) is 23.1 Å². The standard InChI is InChI=1S/C13H18FNO4S/c1-9(2)7-15(8-13(16)17)20(18,19)11-5-4-10(3)12(14)6-11/h4-6,9H,7-8H2,1-3H3,(H,16,17). The van der Waals surface area contributed by atoms with Crippen LogP contribution < -0.4 is 0 Å². The Kier molecular flexibility index (Phi) is 5.24. The number of sulfonamides is 1. The van der Waals surface area contributed by atoms with Crippen LogP contribution in [-0.2, 0) is 14.8 Å². The quantitative estimate of drug-likeness (QED) is 0.870. The maximum absolute atomic E-state index is 13.5. The second-order valence-electron chi connectivity index (χ2n) is 5.00. The third-order valence-electron chi connectivity index (χ3n) is 2.66. The fraction of sp³-hybridized carbons (Fsp3) is 0.462. The Morgan fingerprint density at radius 2 is 2.00 bits per heavy atom. The Bertz CT molecular complexity index is 598. The minimum absolute atomic E-state index is 0.0422. The molecule has 0 spiro atoms. The van der Waals surface area contributed by atoms with Crippen molar-refractivity contribution >= 4 is 16.0 Å². The summed E-state index contributed by atoms with van der Waals surface area (Å²) < 4.78 is 39.1. The van der Waals surface area contributed by atoms with Gasteiger partial charge >= 0.3 is 5.97 Å².